The van der Waals surface area contributed by atoms with Crippen LogP contribution in [0.1, 0.15) is 13.3 Å². The van der Waals surface area contributed by atoms with Gasteiger partial charge in [-0.1, -0.05) is 6.92 Å². The third-order valence-electron chi connectivity index (χ3n) is 5.56. The van der Waals surface area contributed by atoms with Gasteiger partial charge in [0.2, 0.25) is 5.91 Å². The van der Waals surface area contributed by atoms with Crippen LogP contribution >= 0.6 is 0 Å². The summed E-state index contributed by atoms with van der Waals surface area (Å²) in [7, 11) is 0. The molecule has 4 rings (SSSR count). The minimum atomic E-state index is 0.278. The number of carbonyl (C=O) groups is 1. The van der Waals surface area contributed by atoms with Crippen LogP contribution in [0.25, 0.3) is 11.4 Å². The summed E-state index contributed by atoms with van der Waals surface area (Å²) in [6.45, 7) is 8.31. The molecule has 1 aromatic heterocycles. The van der Waals surface area contributed by atoms with E-state index in [1.165, 1.54) is 12.1 Å². The first-order valence-electron chi connectivity index (χ1n) is 9.81. The number of benzene rings is 1. The third-order valence-corrected chi connectivity index (χ3v) is 5.56. The lowest BCUT2D eigenvalue weighted by Crippen LogP contribution is -2.51. The zero-order valence-corrected chi connectivity index (χ0v) is 15.9. The number of hydrogen-bond acceptors (Lipinski definition) is 5. The first-order chi connectivity index (χ1) is 13.2. The fourth-order valence-electron chi connectivity index (χ4n) is 3.94. The monoisotopic (exact) mass is 365 g/mol. The topological polar surface area (TPSA) is 52.6 Å². The van der Waals surface area contributed by atoms with Gasteiger partial charge in [0.1, 0.15) is 0 Å². The lowest BCUT2D eigenvalue weighted by atomic mass is 10.1. The molecular formula is C21H27N5O. The van der Waals surface area contributed by atoms with Gasteiger partial charge in [0, 0.05) is 56.4 Å². The maximum Gasteiger partial charge on any atom is 0.236 e. The van der Waals surface area contributed by atoms with Crippen LogP contribution in [0.2, 0.25) is 0 Å². The molecule has 0 N–H and O–H groups in total. The highest BCUT2D eigenvalue weighted by Crippen LogP contribution is 2.22. The molecule has 6 heteroatoms. The molecule has 2 aliphatic heterocycles. The molecule has 142 valence electrons. The molecule has 1 amide bonds. The van der Waals surface area contributed by atoms with Crippen molar-refractivity contribution in [3.63, 3.8) is 0 Å². The standard InChI is InChI=1S/C21H27N5O/c1-17-7-10-24(15-17)16-20(27)26-13-11-25(12-14-26)19-5-3-18(4-6-19)21-22-8-2-9-23-21/h2-6,8-9,17H,7,10-16H2,1H3/t17-/m1/s1. The molecule has 2 saturated heterocycles. The number of rotatable bonds is 4. The Morgan fingerprint density at radius 2 is 1.74 bits per heavy atom. The summed E-state index contributed by atoms with van der Waals surface area (Å²) in [5.74, 6) is 1.75. The minimum absolute atomic E-state index is 0.278. The molecule has 6 nitrogen and oxygen atoms in total. The second-order valence-corrected chi connectivity index (χ2v) is 7.62. The lowest BCUT2D eigenvalue weighted by Gasteiger charge is -2.36. The van der Waals surface area contributed by atoms with Crippen molar-refractivity contribution in [2.45, 2.75) is 13.3 Å². The molecule has 0 bridgehead atoms. The summed E-state index contributed by atoms with van der Waals surface area (Å²) < 4.78 is 0. The Morgan fingerprint density at radius 3 is 2.37 bits per heavy atom. The van der Waals surface area contributed by atoms with E-state index in [4.69, 9.17) is 0 Å². The summed E-state index contributed by atoms with van der Waals surface area (Å²) in [5.41, 5.74) is 2.21. The van der Waals surface area contributed by atoms with Gasteiger partial charge < -0.3 is 9.80 Å². The van der Waals surface area contributed by atoms with E-state index in [0.717, 1.165) is 56.6 Å². The number of piperazine rings is 1. The van der Waals surface area contributed by atoms with E-state index in [9.17, 15) is 4.79 Å². The summed E-state index contributed by atoms with van der Waals surface area (Å²) in [5, 5.41) is 0. The molecule has 3 heterocycles. The van der Waals surface area contributed by atoms with Crippen LogP contribution < -0.4 is 4.90 Å². The van der Waals surface area contributed by atoms with Gasteiger partial charge in [-0.2, -0.15) is 0 Å². The number of anilines is 1. The van der Waals surface area contributed by atoms with Crippen molar-refractivity contribution < 1.29 is 4.79 Å². The van der Waals surface area contributed by atoms with Crippen LogP contribution in [-0.2, 0) is 4.79 Å². The zero-order chi connectivity index (χ0) is 18.6. The van der Waals surface area contributed by atoms with Crippen molar-refractivity contribution >= 4 is 11.6 Å². The van der Waals surface area contributed by atoms with Crippen molar-refractivity contribution in [1.82, 2.24) is 19.8 Å². The molecule has 1 aromatic carbocycles. The van der Waals surface area contributed by atoms with Crippen molar-refractivity contribution in [2.24, 2.45) is 5.92 Å². The highest BCUT2D eigenvalue weighted by molar-refractivity contribution is 5.78. The highest BCUT2D eigenvalue weighted by atomic mass is 16.2. The average molecular weight is 365 g/mol. The Hall–Kier alpha value is -2.47. The van der Waals surface area contributed by atoms with E-state index in [2.05, 4.69) is 51.0 Å². The van der Waals surface area contributed by atoms with Gasteiger partial charge >= 0.3 is 0 Å². The van der Waals surface area contributed by atoms with Gasteiger partial charge in [-0.25, -0.2) is 9.97 Å². The second-order valence-electron chi connectivity index (χ2n) is 7.62. The van der Waals surface area contributed by atoms with E-state index in [0.29, 0.717) is 6.54 Å². The van der Waals surface area contributed by atoms with Gasteiger partial charge in [-0.05, 0) is 49.2 Å². The largest absolute Gasteiger partial charge is 0.368 e. The SMILES string of the molecule is C[C@@H]1CCN(CC(=O)N2CCN(c3ccc(-c4ncccn4)cc3)CC2)C1. The van der Waals surface area contributed by atoms with Gasteiger partial charge in [-0.3, -0.25) is 9.69 Å². The van der Waals surface area contributed by atoms with Gasteiger partial charge in [-0.15, -0.1) is 0 Å². The average Bonchev–Trinajstić information content (AvgIpc) is 3.13. The summed E-state index contributed by atoms with van der Waals surface area (Å²) >= 11 is 0. The molecule has 2 aromatic rings. The number of carbonyl (C=O) groups excluding carboxylic acids is 1. The molecule has 0 radical (unpaired) electrons. The van der Waals surface area contributed by atoms with Gasteiger partial charge in [0.05, 0.1) is 6.54 Å². The highest BCUT2D eigenvalue weighted by Gasteiger charge is 2.25. The predicted molar refractivity (Wildman–Crippen MR) is 106 cm³/mol. The van der Waals surface area contributed by atoms with E-state index in [1.807, 2.05) is 11.0 Å². The van der Waals surface area contributed by atoms with E-state index < -0.39 is 0 Å². The zero-order valence-electron chi connectivity index (χ0n) is 15.9. The molecule has 0 saturated carbocycles. The number of nitrogens with zero attached hydrogens (tertiary/aromatic N) is 5. The minimum Gasteiger partial charge on any atom is -0.368 e. The quantitative estimate of drug-likeness (QED) is 0.831. The molecular weight excluding hydrogens is 338 g/mol. The molecule has 0 aliphatic carbocycles. The first-order valence-corrected chi connectivity index (χ1v) is 9.81. The molecule has 0 spiro atoms. The van der Waals surface area contributed by atoms with Gasteiger partial charge in [0.15, 0.2) is 5.82 Å². The smallest absolute Gasteiger partial charge is 0.236 e. The fraction of sp³-hybridized carbons (Fsp3) is 0.476. The number of likely N-dealkylation sites (tertiary alicyclic amines) is 1. The van der Waals surface area contributed by atoms with Crippen LogP contribution in [0, 0.1) is 5.92 Å². The van der Waals surface area contributed by atoms with Crippen LogP contribution in [0.3, 0.4) is 0 Å². The lowest BCUT2D eigenvalue weighted by molar-refractivity contribution is -0.132. The first kappa shape index (κ1) is 17.9. The normalized spacial score (nSPS) is 20.9. The summed E-state index contributed by atoms with van der Waals surface area (Å²) in [4.78, 5) is 27.8. The van der Waals surface area contributed by atoms with Crippen molar-refractivity contribution in [1.29, 1.82) is 0 Å². The van der Waals surface area contributed by atoms with Crippen LogP contribution in [0.4, 0.5) is 5.69 Å². The summed E-state index contributed by atoms with van der Waals surface area (Å²) in [6, 6.07) is 10.2. The molecule has 27 heavy (non-hydrogen) atoms. The molecule has 2 fully saturated rings. The number of amides is 1. The van der Waals surface area contributed by atoms with Crippen molar-refractivity contribution in [3.05, 3.63) is 42.7 Å². The van der Waals surface area contributed by atoms with Gasteiger partial charge in [0.25, 0.3) is 0 Å². The third kappa shape index (κ3) is 4.27. The molecule has 2 aliphatic rings. The second kappa shape index (κ2) is 8.05. The number of hydrogen-bond donors (Lipinski definition) is 0. The van der Waals surface area contributed by atoms with Crippen molar-refractivity contribution in [2.75, 3.05) is 50.7 Å². The maximum atomic E-state index is 12.6. The number of aromatic nitrogens is 2. The van der Waals surface area contributed by atoms with Crippen LogP contribution in [-0.4, -0.2) is 71.5 Å². The molecule has 0 unspecified atom stereocenters. The Kier molecular flexibility index (Phi) is 5.34. The summed E-state index contributed by atoms with van der Waals surface area (Å²) in [6.07, 6.45) is 4.73. The molecule has 1 atom stereocenters. The van der Waals surface area contributed by atoms with E-state index >= 15 is 0 Å². The maximum absolute atomic E-state index is 12.6. The Morgan fingerprint density at radius 1 is 1.04 bits per heavy atom. The predicted octanol–water partition coefficient (Wildman–Crippen LogP) is 2.13. The van der Waals surface area contributed by atoms with Crippen molar-refractivity contribution in [3.8, 4) is 11.4 Å². The Labute approximate surface area is 160 Å². The van der Waals surface area contributed by atoms with Crippen LogP contribution in [0.15, 0.2) is 42.7 Å². The van der Waals surface area contributed by atoms with E-state index in [1.54, 1.807) is 12.4 Å². The van der Waals surface area contributed by atoms with Crippen LogP contribution in [0.5, 0.6) is 0 Å². The fourth-order valence-corrected chi connectivity index (χ4v) is 3.94. The Bertz CT molecular complexity index is 756. The van der Waals surface area contributed by atoms with E-state index in [-0.39, 0.29) is 5.91 Å². The Balaban J connectivity index is 1.30.